The van der Waals surface area contributed by atoms with Crippen LogP contribution >= 0.6 is 0 Å². The minimum Gasteiger partial charge on any atom is -0.515 e. The summed E-state index contributed by atoms with van der Waals surface area (Å²) in [5.41, 5.74) is 12.1. The molecule has 0 amide bonds. The van der Waals surface area contributed by atoms with E-state index in [1.165, 1.54) is 49.1 Å². The van der Waals surface area contributed by atoms with Gasteiger partial charge in [-0.1, -0.05) is 64.3 Å². The summed E-state index contributed by atoms with van der Waals surface area (Å²) in [6.45, 7) is 16.5. The van der Waals surface area contributed by atoms with E-state index in [9.17, 15) is 9.50 Å². The molecule has 2 aromatic carbocycles. The Morgan fingerprint density at radius 1 is 1.14 bits per heavy atom. The first-order valence-electron chi connectivity index (χ1n) is 16.0. The fourth-order valence-electron chi connectivity index (χ4n) is 5.03. The quantitative estimate of drug-likeness (QED) is 0.144. The van der Waals surface area contributed by atoms with Crippen LogP contribution in [-0.2, 0) is 0 Å². The van der Waals surface area contributed by atoms with Crippen LogP contribution in [-0.4, -0.2) is 31.3 Å². The van der Waals surface area contributed by atoms with Gasteiger partial charge in [0.2, 0.25) is 0 Å². The Morgan fingerprint density at radius 2 is 1.80 bits per heavy atom. The summed E-state index contributed by atoms with van der Waals surface area (Å²) in [4.78, 5) is 4.34. The number of anilines is 2. The molecular weight excluding hydrogens is 547 g/mol. The molecule has 1 heterocycles. The van der Waals surface area contributed by atoms with Crippen molar-refractivity contribution in [2.45, 2.75) is 85.6 Å². The van der Waals surface area contributed by atoms with Crippen LogP contribution in [0, 0.1) is 23.1 Å². The van der Waals surface area contributed by atoms with Crippen LogP contribution in [0.4, 0.5) is 15.8 Å². The molecule has 6 heteroatoms. The van der Waals surface area contributed by atoms with Crippen molar-refractivity contribution in [3.8, 4) is 6.07 Å². The normalized spacial score (nSPS) is 15.7. The van der Waals surface area contributed by atoms with Gasteiger partial charge in [-0.15, -0.1) is 0 Å². The van der Waals surface area contributed by atoms with E-state index in [1.807, 2.05) is 44.0 Å². The lowest BCUT2D eigenvalue weighted by molar-refractivity contribution is 0.457. The number of hydrogen-bond donors (Lipinski definition) is 2. The number of allylic oxidation sites excluding steroid dienone is 4. The minimum absolute atomic E-state index is 0.00649. The predicted molar refractivity (Wildman–Crippen MR) is 186 cm³/mol. The maximum atomic E-state index is 14.5. The standard InChI is InChI=1S/C28H30FN3O.C10H23N/c1-5-22(21(3)19-33)17-28(23-6-7-24(18-30)27(29)16-23)31(4)25-8-10-26(11-9-25)32-14-12-20(2)13-15-32;1-4-9(3)7-6-8-10(11)5-2/h5-11,16-17,19,33H,2,12-15H2,1,3-4H3;9-10H,4-8,11H2,1-3H3/b21-19?,22-5+,28-17-;. The molecule has 44 heavy (non-hydrogen) atoms. The third-order valence-electron chi connectivity index (χ3n) is 8.56. The fourth-order valence-corrected chi connectivity index (χ4v) is 5.03. The number of piperidine rings is 1. The molecule has 0 aromatic heterocycles. The molecule has 5 nitrogen and oxygen atoms in total. The second kappa shape index (κ2) is 18.8. The van der Waals surface area contributed by atoms with E-state index in [4.69, 9.17) is 11.0 Å². The van der Waals surface area contributed by atoms with Crippen LogP contribution in [0.5, 0.6) is 0 Å². The van der Waals surface area contributed by atoms with Gasteiger partial charge < -0.3 is 20.6 Å². The van der Waals surface area contributed by atoms with Crippen molar-refractivity contribution in [2.75, 3.05) is 29.9 Å². The van der Waals surface area contributed by atoms with Gasteiger partial charge >= 0.3 is 0 Å². The van der Waals surface area contributed by atoms with Gasteiger partial charge in [-0.2, -0.15) is 5.26 Å². The van der Waals surface area contributed by atoms with Crippen molar-refractivity contribution in [3.63, 3.8) is 0 Å². The number of halogens is 1. The third kappa shape index (κ3) is 11.0. The Balaban J connectivity index is 0.000000523. The lowest BCUT2D eigenvalue weighted by Crippen LogP contribution is -2.30. The predicted octanol–water partition coefficient (Wildman–Crippen LogP) is 9.68. The molecule has 1 aliphatic rings. The zero-order chi connectivity index (χ0) is 32.6. The molecular formula is C38H53FN4O. The number of aliphatic hydroxyl groups excluding tert-OH is 1. The molecule has 1 saturated heterocycles. The largest absolute Gasteiger partial charge is 0.515 e. The van der Waals surface area contributed by atoms with Crippen LogP contribution in [0.3, 0.4) is 0 Å². The Kier molecular flexibility index (Phi) is 15.5. The summed E-state index contributed by atoms with van der Waals surface area (Å²) in [6, 6.07) is 15.2. The van der Waals surface area contributed by atoms with Crippen molar-refractivity contribution in [1.29, 1.82) is 5.26 Å². The molecule has 2 unspecified atom stereocenters. The number of nitrogens with zero attached hydrogens (tertiary/aromatic N) is 3. The van der Waals surface area contributed by atoms with Crippen molar-refractivity contribution < 1.29 is 9.50 Å². The second-order valence-corrected chi connectivity index (χ2v) is 11.8. The number of benzene rings is 2. The van der Waals surface area contributed by atoms with E-state index in [0.29, 0.717) is 17.2 Å². The molecule has 0 bridgehead atoms. The van der Waals surface area contributed by atoms with Crippen molar-refractivity contribution in [3.05, 3.63) is 101 Å². The molecule has 0 aliphatic carbocycles. The molecule has 3 rings (SSSR count). The maximum absolute atomic E-state index is 14.5. The molecule has 1 aliphatic heterocycles. The summed E-state index contributed by atoms with van der Waals surface area (Å²) in [7, 11) is 1.92. The molecule has 0 saturated carbocycles. The Hall–Kier alpha value is -3.82. The summed E-state index contributed by atoms with van der Waals surface area (Å²) in [5.74, 6) is 0.326. The topological polar surface area (TPSA) is 76.5 Å². The number of rotatable bonds is 12. The van der Waals surface area contributed by atoms with Crippen molar-refractivity contribution in [1.82, 2.24) is 0 Å². The van der Waals surface area contributed by atoms with E-state index >= 15 is 0 Å². The highest BCUT2D eigenvalue weighted by Crippen LogP contribution is 2.31. The van der Waals surface area contributed by atoms with Crippen LogP contribution < -0.4 is 15.5 Å². The number of nitrogens with two attached hydrogens (primary N) is 1. The summed E-state index contributed by atoms with van der Waals surface area (Å²) >= 11 is 0. The Bertz CT molecular complexity index is 1320. The third-order valence-corrected chi connectivity index (χ3v) is 8.56. The van der Waals surface area contributed by atoms with Gasteiger partial charge in [0.1, 0.15) is 11.9 Å². The zero-order valence-corrected chi connectivity index (χ0v) is 27.7. The Morgan fingerprint density at radius 3 is 2.32 bits per heavy atom. The van der Waals surface area contributed by atoms with E-state index < -0.39 is 5.82 Å². The minimum atomic E-state index is -0.562. The first-order valence-corrected chi connectivity index (χ1v) is 16.0. The average molecular weight is 601 g/mol. The van der Waals surface area contributed by atoms with Crippen LogP contribution in [0.2, 0.25) is 0 Å². The van der Waals surface area contributed by atoms with Gasteiger partial charge in [0.05, 0.1) is 11.8 Å². The maximum Gasteiger partial charge on any atom is 0.141 e. The van der Waals surface area contributed by atoms with E-state index in [1.54, 1.807) is 6.07 Å². The fraction of sp³-hybridized carbons (Fsp3) is 0.447. The molecule has 3 N–H and O–H groups in total. The lowest BCUT2D eigenvalue weighted by atomic mass is 9.99. The van der Waals surface area contributed by atoms with Crippen molar-refractivity contribution >= 4 is 17.1 Å². The monoisotopic (exact) mass is 600 g/mol. The number of nitriles is 1. The Labute approximate surface area is 265 Å². The highest BCUT2D eigenvalue weighted by atomic mass is 19.1. The first-order chi connectivity index (χ1) is 21.1. The van der Waals surface area contributed by atoms with Gasteiger partial charge in [-0.3, -0.25) is 0 Å². The smallest absolute Gasteiger partial charge is 0.141 e. The summed E-state index contributed by atoms with van der Waals surface area (Å²) in [5, 5.41) is 18.6. The first kappa shape index (κ1) is 36.4. The average Bonchev–Trinajstić information content (AvgIpc) is 3.05. The molecule has 2 atom stereocenters. The van der Waals surface area contributed by atoms with Crippen molar-refractivity contribution in [2.24, 2.45) is 11.7 Å². The van der Waals surface area contributed by atoms with Gasteiger partial charge in [0.25, 0.3) is 0 Å². The highest BCUT2D eigenvalue weighted by Gasteiger charge is 2.16. The molecule has 2 aromatic rings. The zero-order valence-electron chi connectivity index (χ0n) is 27.7. The summed E-state index contributed by atoms with van der Waals surface area (Å²) < 4.78 is 14.5. The van der Waals surface area contributed by atoms with Gasteiger partial charge in [0.15, 0.2) is 0 Å². The van der Waals surface area contributed by atoms with Gasteiger partial charge in [-0.05, 0) is 99.1 Å². The number of aliphatic hydroxyl groups is 1. The molecule has 238 valence electrons. The highest BCUT2D eigenvalue weighted by molar-refractivity contribution is 5.82. The van der Waals surface area contributed by atoms with Gasteiger partial charge in [0, 0.05) is 48.8 Å². The second-order valence-electron chi connectivity index (χ2n) is 11.8. The summed E-state index contributed by atoms with van der Waals surface area (Å²) in [6.07, 6.45) is 13.2. The lowest BCUT2D eigenvalue weighted by Gasteiger charge is -2.31. The molecule has 1 fully saturated rings. The number of hydrogen-bond acceptors (Lipinski definition) is 5. The van der Waals surface area contributed by atoms with Crippen LogP contribution in [0.1, 0.15) is 90.7 Å². The van der Waals surface area contributed by atoms with Crippen LogP contribution in [0.15, 0.2) is 84.2 Å². The van der Waals surface area contributed by atoms with E-state index in [2.05, 4.69) is 56.5 Å². The van der Waals surface area contributed by atoms with E-state index in [0.717, 1.165) is 61.5 Å². The van der Waals surface area contributed by atoms with Gasteiger partial charge in [-0.25, -0.2) is 4.39 Å². The molecule has 0 spiro atoms. The SMILES string of the molecule is C=C1CCN(c2ccc(N(C)/C(=C\C(=C/C)C(C)=CO)c3ccc(C#N)c(F)c3)cc2)CC1.CCC(C)CCCC(N)CC. The van der Waals surface area contributed by atoms with E-state index in [-0.39, 0.29) is 5.56 Å². The van der Waals surface area contributed by atoms with Crippen LogP contribution in [0.25, 0.3) is 5.70 Å². The molecule has 0 radical (unpaired) electrons.